The van der Waals surface area contributed by atoms with Crippen molar-refractivity contribution in [2.24, 2.45) is 5.73 Å². The topological polar surface area (TPSA) is 102 Å². The Kier molecular flexibility index (Phi) is 3.65. The van der Waals surface area contributed by atoms with E-state index in [0.29, 0.717) is 5.56 Å². The largest absolute Gasteiger partial charge is 0.478 e. The van der Waals surface area contributed by atoms with Gasteiger partial charge < -0.3 is 15.4 Å². The van der Waals surface area contributed by atoms with Crippen molar-refractivity contribution in [3.8, 4) is 11.1 Å². The van der Waals surface area contributed by atoms with Crippen LogP contribution in [0.1, 0.15) is 10.4 Å². The van der Waals surface area contributed by atoms with Gasteiger partial charge in [0, 0.05) is 12.3 Å². The van der Waals surface area contributed by atoms with E-state index in [1.807, 2.05) is 0 Å². The molecule has 2 rings (SSSR count). The Morgan fingerprint density at radius 2 is 1.65 bits per heavy atom. The third-order valence-corrected chi connectivity index (χ3v) is 2.77. The number of carbonyl (C=O) groups excluding carboxylic acids is 1. The van der Waals surface area contributed by atoms with Crippen LogP contribution in [0.5, 0.6) is 0 Å². The number of primary amides is 1. The number of aromatic nitrogens is 1. The summed E-state index contributed by atoms with van der Waals surface area (Å²) in [6.45, 7) is -0.195. The molecule has 2 aromatic rings. The number of hydrogen-bond donors (Lipinski definition) is 2. The fraction of sp³-hybridized carbons (Fsp3) is 0.0714. The monoisotopic (exact) mass is 272 g/mol. The van der Waals surface area contributed by atoms with Gasteiger partial charge in [-0.3, -0.25) is 9.59 Å². The molecule has 0 aliphatic rings. The van der Waals surface area contributed by atoms with Crippen LogP contribution in [-0.2, 0) is 11.3 Å². The fourth-order valence-corrected chi connectivity index (χ4v) is 1.80. The summed E-state index contributed by atoms with van der Waals surface area (Å²) >= 11 is 0. The van der Waals surface area contributed by atoms with E-state index >= 15 is 0 Å². The molecule has 1 heterocycles. The number of aromatic carboxylic acids is 1. The zero-order valence-electron chi connectivity index (χ0n) is 10.4. The number of rotatable bonds is 4. The van der Waals surface area contributed by atoms with Gasteiger partial charge in [-0.05, 0) is 29.3 Å². The van der Waals surface area contributed by atoms with E-state index in [0.717, 1.165) is 5.56 Å². The molecule has 6 nitrogen and oxygen atoms in total. The lowest BCUT2D eigenvalue weighted by atomic mass is 10.1. The van der Waals surface area contributed by atoms with Crippen molar-refractivity contribution < 1.29 is 14.7 Å². The van der Waals surface area contributed by atoms with Gasteiger partial charge >= 0.3 is 5.97 Å². The zero-order chi connectivity index (χ0) is 14.7. The number of benzene rings is 1. The van der Waals surface area contributed by atoms with Crippen molar-refractivity contribution in [3.05, 3.63) is 58.5 Å². The van der Waals surface area contributed by atoms with E-state index < -0.39 is 11.9 Å². The summed E-state index contributed by atoms with van der Waals surface area (Å²) in [4.78, 5) is 33.2. The molecule has 102 valence electrons. The van der Waals surface area contributed by atoms with Crippen LogP contribution in [0.15, 0.2) is 47.4 Å². The van der Waals surface area contributed by atoms with E-state index in [-0.39, 0.29) is 17.7 Å². The molecule has 0 saturated carbocycles. The lowest BCUT2D eigenvalue weighted by Crippen LogP contribution is -2.27. The van der Waals surface area contributed by atoms with Gasteiger partial charge in [0.2, 0.25) is 5.91 Å². The molecule has 0 aliphatic carbocycles. The van der Waals surface area contributed by atoms with Crippen molar-refractivity contribution in [2.45, 2.75) is 6.54 Å². The average molecular weight is 272 g/mol. The second-order valence-corrected chi connectivity index (χ2v) is 4.23. The number of nitrogens with two attached hydrogens (primary N) is 1. The Bertz CT molecular complexity index is 717. The van der Waals surface area contributed by atoms with Gasteiger partial charge in [-0.15, -0.1) is 0 Å². The molecular formula is C14H12N2O4. The maximum Gasteiger partial charge on any atom is 0.335 e. The SMILES string of the molecule is NC(=O)Cn1cc(-c2ccc(C(=O)O)cc2)ccc1=O. The van der Waals surface area contributed by atoms with Gasteiger partial charge in [0.05, 0.1) is 5.56 Å². The molecule has 20 heavy (non-hydrogen) atoms. The Morgan fingerprint density at radius 1 is 1.05 bits per heavy atom. The third-order valence-electron chi connectivity index (χ3n) is 2.77. The maximum atomic E-state index is 11.6. The van der Waals surface area contributed by atoms with E-state index in [4.69, 9.17) is 10.8 Å². The van der Waals surface area contributed by atoms with Crippen molar-refractivity contribution in [3.63, 3.8) is 0 Å². The van der Waals surface area contributed by atoms with Crippen LogP contribution in [-0.4, -0.2) is 21.6 Å². The minimum atomic E-state index is -1.00. The normalized spacial score (nSPS) is 10.2. The van der Waals surface area contributed by atoms with E-state index in [9.17, 15) is 14.4 Å². The molecule has 3 N–H and O–H groups in total. The third kappa shape index (κ3) is 2.92. The van der Waals surface area contributed by atoms with Crippen LogP contribution in [0.4, 0.5) is 0 Å². The first-order valence-corrected chi connectivity index (χ1v) is 5.80. The molecule has 0 fully saturated rings. The van der Waals surface area contributed by atoms with Crippen molar-refractivity contribution in [2.75, 3.05) is 0 Å². The summed E-state index contributed by atoms with van der Waals surface area (Å²) in [5, 5.41) is 8.83. The van der Waals surface area contributed by atoms with Gasteiger partial charge in [0.15, 0.2) is 0 Å². The summed E-state index contributed by atoms with van der Waals surface area (Å²) < 4.78 is 1.21. The minimum Gasteiger partial charge on any atom is -0.478 e. The Hall–Kier alpha value is -2.89. The zero-order valence-corrected chi connectivity index (χ0v) is 10.4. The van der Waals surface area contributed by atoms with Crippen LogP contribution in [0.3, 0.4) is 0 Å². The van der Waals surface area contributed by atoms with Crippen LogP contribution >= 0.6 is 0 Å². The van der Waals surface area contributed by atoms with Gasteiger partial charge in [-0.25, -0.2) is 4.79 Å². The summed E-state index contributed by atoms with van der Waals surface area (Å²) in [6, 6.07) is 9.16. The predicted molar refractivity (Wildman–Crippen MR) is 72.3 cm³/mol. The molecule has 0 saturated heterocycles. The molecule has 0 atom stereocenters. The number of carbonyl (C=O) groups is 2. The highest BCUT2D eigenvalue weighted by Crippen LogP contribution is 2.18. The Balaban J connectivity index is 2.40. The summed E-state index contributed by atoms with van der Waals surface area (Å²) in [7, 11) is 0. The van der Waals surface area contributed by atoms with Crippen molar-refractivity contribution >= 4 is 11.9 Å². The Labute approximate surface area is 114 Å². The fourth-order valence-electron chi connectivity index (χ4n) is 1.80. The van der Waals surface area contributed by atoms with E-state index in [1.54, 1.807) is 18.2 Å². The predicted octanol–water partition coefficient (Wildman–Crippen LogP) is 0.699. The first kappa shape index (κ1) is 13.5. The van der Waals surface area contributed by atoms with E-state index in [1.165, 1.54) is 29.0 Å². The number of carboxylic acids is 1. The molecule has 6 heteroatoms. The first-order chi connectivity index (χ1) is 9.47. The van der Waals surface area contributed by atoms with Crippen molar-refractivity contribution in [1.29, 1.82) is 0 Å². The standard InChI is InChI=1S/C14H12N2O4/c15-12(17)8-16-7-11(5-6-13(16)18)9-1-3-10(4-2-9)14(19)20/h1-7H,8H2,(H2,15,17)(H,19,20). The number of nitrogens with zero attached hydrogens (tertiary/aromatic N) is 1. The quantitative estimate of drug-likeness (QED) is 0.855. The summed E-state index contributed by atoms with van der Waals surface area (Å²) in [5.74, 6) is -1.61. The molecule has 1 amide bonds. The summed E-state index contributed by atoms with van der Waals surface area (Å²) in [5.41, 5.74) is 6.37. The van der Waals surface area contributed by atoms with Crippen LogP contribution in [0, 0.1) is 0 Å². The molecule has 0 radical (unpaired) electrons. The summed E-state index contributed by atoms with van der Waals surface area (Å²) in [6.07, 6.45) is 1.52. The molecular weight excluding hydrogens is 260 g/mol. The van der Waals surface area contributed by atoms with Gasteiger partial charge in [-0.2, -0.15) is 0 Å². The number of pyridine rings is 1. The maximum absolute atomic E-state index is 11.6. The Morgan fingerprint density at radius 3 is 2.20 bits per heavy atom. The van der Waals surface area contributed by atoms with Crippen LogP contribution < -0.4 is 11.3 Å². The average Bonchev–Trinajstić information content (AvgIpc) is 2.41. The first-order valence-electron chi connectivity index (χ1n) is 5.80. The van der Waals surface area contributed by atoms with Gasteiger partial charge in [0.1, 0.15) is 6.54 Å². The smallest absolute Gasteiger partial charge is 0.335 e. The minimum absolute atomic E-state index is 0.180. The highest BCUT2D eigenvalue weighted by atomic mass is 16.4. The second-order valence-electron chi connectivity index (χ2n) is 4.23. The molecule has 1 aromatic carbocycles. The highest BCUT2D eigenvalue weighted by Gasteiger charge is 2.06. The van der Waals surface area contributed by atoms with E-state index in [2.05, 4.69) is 0 Å². The number of amides is 1. The van der Waals surface area contributed by atoms with Crippen LogP contribution in [0.2, 0.25) is 0 Å². The second kappa shape index (κ2) is 5.40. The highest BCUT2D eigenvalue weighted by molar-refractivity contribution is 5.88. The van der Waals surface area contributed by atoms with Crippen molar-refractivity contribution in [1.82, 2.24) is 4.57 Å². The number of hydrogen-bond acceptors (Lipinski definition) is 3. The lowest BCUT2D eigenvalue weighted by molar-refractivity contribution is -0.118. The van der Waals surface area contributed by atoms with Gasteiger partial charge in [-0.1, -0.05) is 12.1 Å². The number of carboxylic acid groups (broad SMARTS) is 1. The lowest BCUT2D eigenvalue weighted by Gasteiger charge is -2.07. The molecule has 0 bridgehead atoms. The van der Waals surface area contributed by atoms with Crippen LogP contribution in [0.25, 0.3) is 11.1 Å². The molecule has 0 aliphatic heterocycles. The molecule has 0 spiro atoms. The van der Waals surface area contributed by atoms with Gasteiger partial charge in [0.25, 0.3) is 5.56 Å². The molecule has 1 aromatic heterocycles. The molecule has 0 unspecified atom stereocenters.